The van der Waals surface area contributed by atoms with Crippen LogP contribution >= 0.6 is 0 Å². The van der Waals surface area contributed by atoms with E-state index in [4.69, 9.17) is 4.74 Å². The molecule has 0 spiro atoms. The Labute approximate surface area is 86.3 Å². The first-order valence-electron chi connectivity index (χ1n) is 5.29. The van der Waals surface area contributed by atoms with E-state index < -0.39 is 0 Å². The molecule has 0 bridgehead atoms. The third-order valence-corrected chi connectivity index (χ3v) is 3.61. The topological polar surface area (TPSA) is 26.3 Å². The Morgan fingerprint density at radius 3 is 2.71 bits per heavy atom. The molecule has 2 heteroatoms. The summed E-state index contributed by atoms with van der Waals surface area (Å²) in [5.41, 5.74) is 0.0976. The molecule has 0 saturated heterocycles. The summed E-state index contributed by atoms with van der Waals surface area (Å²) in [5.74, 6) is 0.391. The zero-order chi connectivity index (χ0) is 10.8. The second-order valence-corrected chi connectivity index (χ2v) is 4.57. The van der Waals surface area contributed by atoms with Crippen LogP contribution in [0.25, 0.3) is 0 Å². The van der Waals surface area contributed by atoms with Crippen LogP contribution in [0, 0.1) is 11.3 Å². The van der Waals surface area contributed by atoms with Crippen LogP contribution in [0.15, 0.2) is 12.2 Å². The van der Waals surface area contributed by atoms with Gasteiger partial charge >= 0.3 is 5.97 Å². The Morgan fingerprint density at radius 1 is 1.57 bits per heavy atom. The molecule has 0 saturated carbocycles. The van der Waals surface area contributed by atoms with Gasteiger partial charge in [-0.15, -0.1) is 0 Å². The van der Waals surface area contributed by atoms with Gasteiger partial charge in [-0.1, -0.05) is 26.0 Å². The molecule has 2 nitrogen and oxygen atoms in total. The molecule has 1 aliphatic rings. The van der Waals surface area contributed by atoms with E-state index in [2.05, 4.69) is 26.0 Å². The molecule has 1 rings (SSSR count). The Morgan fingerprint density at radius 2 is 2.21 bits per heavy atom. The Kier molecular flexibility index (Phi) is 3.35. The molecular weight excluding hydrogens is 176 g/mol. The smallest absolute Gasteiger partial charge is 0.302 e. The number of ether oxygens (including phenoxy) is 1. The lowest BCUT2D eigenvalue weighted by Crippen LogP contribution is -2.39. The molecule has 80 valence electrons. The normalized spacial score (nSPS) is 33.9. The molecule has 0 amide bonds. The third kappa shape index (κ3) is 2.17. The number of carbonyl (C=O) groups excluding carboxylic acids is 1. The molecule has 0 fully saturated rings. The minimum absolute atomic E-state index is 0.0000463. The van der Waals surface area contributed by atoms with Crippen molar-refractivity contribution in [2.24, 2.45) is 11.3 Å². The second kappa shape index (κ2) is 4.16. The molecule has 2 unspecified atom stereocenters. The lowest BCUT2D eigenvalue weighted by Gasteiger charge is -2.41. The van der Waals surface area contributed by atoms with Gasteiger partial charge in [0.1, 0.15) is 6.10 Å². The van der Waals surface area contributed by atoms with Gasteiger partial charge in [0.05, 0.1) is 0 Å². The number of rotatable bonds is 2. The summed E-state index contributed by atoms with van der Waals surface area (Å²) >= 11 is 0. The van der Waals surface area contributed by atoms with E-state index in [1.54, 1.807) is 0 Å². The molecule has 1 aliphatic carbocycles. The Bertz CT molecular complexity index is 245. The number of esters is 1. The third-order valence-electron chi connectivity index (χ3n) is 3.61. The van der Waals surface area contributed by atoms with E-state index in [1.165, 1.54) is 6.92 Å². The van der Waals surface area contributed by atoms with E-state index in [-0.39, 0.29) is 17.5 Å². The molecule has 0 aromatic heterocycles. The van der Waals surface area contributed by atoms with Crippen LogP contribution in [-0.2, 0) is 9.53 Å². The Balaban J connectivity index is 2.72. The molecule has 0 aliphatic heterocycles. The molecule has 0 aromatic carbocycles. The first kappa shape index (κ1) is 11.3. The summed E-state index contributed by atoms with van der Waals surface area (Å²) in [6.45, 7) is 7.90. The fraction of sp³-hybridized carbons (Fsp3) is 0.750. The standard InChI is InChI=1S/C12H20O2/c1-9-7-5-6-8-12(9,4)10(2)14-11(3)13/h5-6,9-10H,7-8H2,1-4H3/t9?,10?,12-/m0/s1. The van der Waals surface area contributed by atoms with Crippen molar-refractivity contribution in [2.45, 2.75) is 46.6 Å². The monoisotopic (exact) mass is 196 g/mol. The zero-order valence-corrected chi connectivity index (χ0v) is 9.54. The number of hydrogen-bond acceptors (Lipinski definition) is 2. The van der Waals surface area contributed by atoms with Crippen molar-refractivity contribution in [1.29, 1.82) is 0 Å². The predicted octanol–water partition coefficient (Wildman–Crippen LogP) is 2.93. The first-order valence-corrected chi connectivity index (χ1v) is 5.29. The van der Waals surface area contributed by atoms with E-state index >= 15 is 0 Å². The minimum Gasteiger partial charge on any atom is -0.462 e. The molecule has 14 heavy (non-hydrogen) atoms. The van der Waals surface area contributed by atoms with E-state index in [0.717, 1.165) is 12.8 Å². The maximum absolute atomic E-state index is 10.9. The van der Waals surface area contributed by atoms with Crippen molar-refractivity contribution in [3.05, 3.63) is 12.2 Å². The molecule has 3 atom stereocenters. The van der Waals surface area contributed by atoms with E-state index in [0.29, 0.717) is 5.92 Å². The van der Waals surface area contributed by atoms with Gasteiger partial charge in [0.15, 0.2) is 0 Å². The van der Waals surface area contributed by atoms with Crippen molar-refractivity contribution in [2.75, 3.05) is 0 Å². The molecule has 0 heterocycles. The quantitative estimate of drug-likeness (QED) is 0.501. The van der Waals surface area contributed by atoms with Gasteiger partial charge in [-0.05, 0) is 25.7 Å². The van der Waals surface area contributed by atoms with Gasteiger partial charge in [0, 0.05) is 12.3 Å². The maximum atomic E-state index is 10.9. The summed E-state index contributed by atoms with van der Waals surface area (Å²) in [5, 5.41) is 0. The number of carbonyl (C=O) groups is 1. The van der Waals surface area contributed by atoms with Gasteiger partial charge in [-0.2, -0.15) is 0 Å². The molecule has 0 N–H and O–H groups in total. The van der Waals surface area contributed by atoms with Crippen LogP contribution in [0.3, 0.4) is 0 Å². The van der Waals surface area contributed by atoms with Gasteiger partial charge < -0.3 is 4.74 Å². The molecule has 0 aromatic rings. The van der Waals surface area contributed by atoms with E-state index in [9.17, 15) is 4.79 Å². The summed E-state index contributed by atoms with van der Waals surface area (Å²) in [6.07, 6.45) is 6.50. The van der Waals surface area contributed by atoms with Crippen molar-refractivity contribution in [3.8, 4) is 0 Å². The van der Waals surface area contributed by atoms with Gasteiger partial charge in [0.25, 0.3) is 0 Å². The van der Waals surface area contributed by atoms with Gasteiger partial charge in [-0.25, -0.2) is 0 Å². The van der Waals surface area contributed by atoms with Crippen molar-refractivity contribution in [1.82, 2.24) is 0 Å². The van der Waals surface area contributed by atoms with Crippen LogP contribution in [0.2, 0.25) is 0 Å². The predicted molar refractivity (Wildman–Crippen MR) is 56.9 cm³/mol. The minimum atomic E-state index is -0.180. The highest BCUT2D eigenvalue weighted by atomic mass is 16.5. The highest BCUT2D eigenvalue weighted by Crippen LogP contribution is 2.41. The molecular formula is C12H20O2. The fourth-order valence-electron chi connectivity index (χ4n) is 2.06. The summed E-state index contributed by atoms with van der Waals surface area (Å²) in [6, 6.07) is 0. The maximum Gasteiger partial charge on any atom is 0.302 e. The second-order valence-electron chi connectivity index (χ2n) is 4.57. The van der Waals surface area contributed by atoms with Crippen molar-refractivity contribution in [3.63, 3.8) is 0 Å². The van der Waals surface area contributed by atoms with Crippen LogP contribution in [-0.4, -0.2) is 12.1 Å². The van der Waals surface area contributed by atoms with Gasteiger partial charge in [-0.3, -0.25) is 4.79 Å². The summed E-state index contributed by atoms with van der Waals surface area (Å²) in [7, 11) is 0. The summed E-state index contributed by atoms with van der Waals surface area (Å²) in [4.78, 5) is 10.9. The van der Waals surface area contributed by atoms with Crippen LogP contribution in [0.5, 0.6) is 0 Å². The highest BCUT2D eigenvalue weighted by Gasteiger charge is 2.38. The van der Waals surface area contributed by atoms with Crippen LogP contribution in [0.4, 0.5) is 0 Å². The lowest BCUT2D eigenvalue weighted by atomic mass is 9.68. The zero-order valence-electron chi connectivity index (χ0n) is 9.54. The SMILES string of the molecule is CC(=O)OC(C)[C@@]1(C)CC=CCC1C. The fourth-order valence-corrected chi connectivity index (χ4v) is 2.06. The first-order chi connectivity index (χ1) is 6.47. The van der Waals surface area contributed by atoms with Gasteiger partial charge in [0.2, 0.25) is 0 Å². The van der Waals surface area contributed by atoms with Crippen LogP contribution < -0.4 is 0 Å². The lowest BCUT2D eigenvalue weighted by molar-refractivity contribution is -0.154. The van der Waals surface area contributed by atoms with Crippen molar-refractivity contribution < 1.29 is 9.53 Å². The van der Waals surface area contributed by atoms with E-state index in [1.807, 2.05) is 6.92 Å². The average molecular weight is 196 g/mol. The highest BCUT2D eigenvalue weighted by molar-refractivity contribution is 5.66. The number of hydrogen-bond donors (Lipinski definition) is 0. The van der Waals surface area contributed by atoms with Crippen LogP contribution in [0.1, 0.15) is 40.5 Å². The summed E-state index contributed by atoms with van der Waals surface area (Å²) < 4.78 is 5.29. The van der Waals surface area contributed by atoms with Crippen molar-refractivity contribution >= 4 is 5.97 Å². The largest absolute Gasteiger partial charge is 0.462 e. The average Bonchev–Trinajstić information content (AvgIpc) is 2.09. The Hall–Kier alpha value is -0.790. The number of allylic oxidation sites excluding steroid dienone is 2. The molecule has 0 radical (unpaired) electrons.